The maximum atomic E-state index is 13.9. The number of halogens is 33. The summed E-state index contributed by atoms with van der Waals surface area (Å²) in [6.45, 7) is -1.92. The Labute approximate surface area is 254 Å². The maximum absolute atomic E-state index is 13.9. The van der Waals surface area contributed by atoms with Crippen molar-refractivity contribution in [3.63, 3.8) is 0 Å². The van der Waals surface area contributed by atoms with Crippen molar-refractivity contribution in [2.24, 2.45) is 0 Å². The van der Waals surface area contributed by atoms with Gasteiger partial charge in [0.2, 0.25) is 0 Å². The molecule has 1 unspecified atom stereocenters. The fourth-order valence-electron chi connectivity index (χ4n) is 2.66. The van der Waals surface area contributed by atoms with Gasteiger partial charge in [-0.3, -0.25) is 0 Å². The number of hydrogen-bond donors (Lipinski definition) is 0. The van der Waals surface area contributed by atoms with Gasteiger partial charge in [0.1, 0.15) is 0 Å². The molecule has 0 aliphatic heterocycles. The monoisotopic (exact) mass is 852 g/mol. The van der Waals surface area contributed by atoms with Crippen LogP contribution in [0, 0.1) is 0 Å². The molecule has 0 aliphatic rings. The molecule has 0 aromatic rings. The van der Waals surface area contributed by atoms with Crippen molar-refractivity contribution in [3.05, 3.63) is 0 Å². The van der Waals surface area contributed by atoms with Gasteiger partial charge in [0, 0.05) is 6.61 Å². The quantitative estimate of drug-likeness (QED) is 0.199. The molecule has 0 heterocycles. The predicted octanol–water partition coefficient (Wildman–Crippen LogP) is 11.3. The van der Waals surface area contributed by atoms with Gasteiger partial charge in [-0.05, 0) is 6.92 Å². The van der Waals surface area contributed by atoms with Crippen LogP contribution in [0.25, 0.3) is 0 Å². The molecule has 0 saturated carbocycles. The van der Waals surface area contributed by atoms with Crippen LogP contribution in [0.4, 0.5) is 145 Å². The van der Waals surface area contributed by atoms with Gasteiger partial charge in [0.05, 0.1) is 0 Å². The molecule has 34 heteroatoms. The van der Waals surface area contributed by atoms with Crippen molar-refractivity contribution in [3.8, 4) is 0 Å². The van der Waals surface area contributed by atoms with Crippen LogP contribution < -0.4 is 0 Å². The molecule has 0 amide bonds. The molecule has 0 aromatic carbocycles. The Morgan fingerprint density at radius 3 is 0.588 bits per heavy atom. The van der Waals surface area contributed by atoms with Crippen molar-refractivity contribution in [1.82, 2.24) is 0 Å². The highest BCUT2D eigenvalue weighted by Gasteiger charge is 2.97. The van der Waals surface area contributed by atoms with Crippen molar-refractivity contribution in [1.29, 1.82) is 0 Å². The zero-order valence-electron chi connectivity index (χ0n) is 22.1. The van der Waals surface area contributed by atoms with Crippen LogP contribution in [0.2, 0.25) is 0 Å². The normalized spacial score (nSPS) is 17.5. The van der Waals surface area contributed by atoms with Crippen LogP contribution in [0.15, 0.2) is 0 Å². The van der Waals surface area contributed by atoms with E-state index >= 15 is 0 Å². The summed E-state index contributed by atoms with van der Waals surface area (Å²) in [6, 6.07) is 0. The smallest absolute Gasteiger partial charge is 0.338 e. The zero-order chi connectivity index (χ0) is 42.9. The highest BCUT2D eigenvalue weighted by Crippen LogP contribution is 2.65. The van der Waals surface area contributed by atoms with E-state index in [1.807, 2.05) is 0 Å². The molecule has 1 nitrogen and oxygen atoms in total. The summed E-state index contributed by atoms with van der Waals surface area (Å²) in [5, 5.41) is 0. The SMILES string of the molecule is CCOC(F)(C(F)(F)C(F)(F)C(F)(F)F)C(F)(C(F)(F)F)C(F)(F)F.FC(F)(F)C(F)(F)C(F)(F)C(F)(F)C(F)(F)C(F)(F)C(F)(F)C(F)(F)F. The van der Waals surface area contributed by atoms with Crippen LogP contribution in [0.3, 0.4) is 0 Å². The second-order valence-electron chi connectivity index (χ2n) is 8.77. The highest BCUT2D eigenvalue weighted by molar-refractivity contribution is 5.16. The molecule has 0 saturated heterocycles. The van der Waals surface area contributed by atoms with Crippen LogP contribution in [-0.2, 0) is 4.74 Å². The molecule has 1 atom stereocenters. The van der Waals surface area contributed by atoms with Gasteiger partial charge < -0.3 is 4.74 Å². The zero-order valence-corrected chi connectivity index (χ0v) is 22.1. The molecule has 0 aromatic heterocycles. The minimum Gasteiger partial charge on any atom is -0.338 e. The molecule has 0 rings (SSSR count). The lowest BCUT2D eigenvalue weighted by molar-refractivity contribution is -0.487. The average Bonchev–Trinajstić information content (AvgIpc) is 2.84. The molecular formula is C17H5F33O. The molecule has 0 radical (unpaired) electrons. The minimum absolute atomic E-state index is 0.142. The summed E-state index contributed by atoms with van der Waals surface area (Å²) >= 11 is 0. The summed E-state index contributed by atoms with van der Waals surface area (Å²) in [4.78, 5) is 0. The lowest BCUT2D eigenvalue weighted by atomic mass is 9.86. The summed E-state index contributed by atoms with van der Waals surface area (Å²) in [5.74, 6) is -74.4. The standard InChI is InChI=1S/C9H5F15O.C8F18/c1-2-25-6(15,3(10,7(16,17)18)8(19,20)21)4(11,12)5(13,14)9(22,23)24;9-1(10,3(13,14)5(17,18)7(21,22)23)2(11,12)4(15,16)6(19,20)8(24,25)26/h2H2,1H3;. The first-order valence-electron chi connectivity index (χ1n) is 10.7. The minimum atomic E-state index is -8.72. The molecule has 0 bridgehead atoms. The first-order valence-corrected chi connectivity index (χ1v) is 10.7. The van der Waals surface area contributed by atoms with Gasteiger partial charge in [0.25, 0.3) is 0 Å². The summed E-state index contributed by atoms with van der Waals surface area (Å²) in [7, 11) is 0. The van der Waals surface area contributed by atoms with E-state index < -0.39 is 96.4 Å². The first-order chi connectivity index (χ1) is 21.3. The Balaban J connectivity index is 0. The Bertz CT molecular complexity index is 1110. The van der Waals surface area contributed by atoms with Crippen LogP contribution in [-0.4, -0.2) is 96.4 Å². The van der Waals surface area contributed by atoms with Crippen molar-refractivity contribution in [2.75, 3.05) is 6.61 Å². The predicted molar refractivity (Wildman–Crippen MR) is 89.2 cm³/mol. The summed E-state index contributed by atoms with van der Waals surface area (Å²) < 4.78 is 413. The second-order valence-corrected chi connectivity index (χ2v) is 8.77. The van der Waals surface area contributed by atoms with E-state index in [4.69, 9.17) is 0 Å². The Morgan fingerprint density at radius 2 is 0.431 bits per heavy atom. The fourth-order valence-corrected chi connectivity index (χ4v) is 2.66. The number of alkyl halides is 33. The summed E-state index contributed by atoms with van der Waals surface area (Å²) in [5.41, 5.74) is -7.93. The van der Waals surface area contributed by atoms with E-state index in [-0.39, 0.29) is 6.92 Å². The third kappa shape index (κ3) is 7.05. The number of hydrogen-bond acceptors (Lipinski definition) is 1. The van der Waals surface area contributed by atoms with E-state index in [1.54, 1.807) is 0 Å². The lowest BCUT2D eigenvalue weighted by Crippen LogP contribution is -2.77. The van der Waals surface area contributed by atoms with Gasteiger partial charge in [-0.1, -0.05) is 0 Å². The molecule has 51 heavy (non-hydrogen) atoms. The van der Waals surface area contributed by atoms with Gasteiger partial charge in [0.15, 0.2) is 0 Å². The Morgan fingerprint density at radius 1 is 0.255 bits per heavy atom. The number of ether oxygens (including phenoxy) is 1. The second kappa shape index (κ2) is 12.9. The summed E-state index contributed by atoms with van der Waals surface area (Å²) in [6.07, 6.45) is -38.7. The molecule has 0 N–H and O–H groups in total. The van der Waals surface area contributed by atoms with Gasteiger partial charge in [-0.15, -0.1) is 0 Å². The van der Waals surface area contributed by atoms with Crippen molar-refractivity contribution in [2.45, 2.75) is 96.7 Å². The van der Waals surface area contributed by atoms with Gasteiger partial charge in [-0.2, -0.15) is 136 Å². The molecule has 0 fully saturated rings. The molecular weight excluding hydrogens is 847 g/mol. The van der Waals surface area contributed by atoms with Crippen LogP contribution >= 0.6 is 0 Å². The van der Waals surface area contributed by atoms with E-state index in [9.17, 15) is 145 Å². The van der Waals surface area contributed by atoms with Gasteiger partial charge in [-0.25, -0.2) is 8.78 Å². The molecule has 0 spiro atoms. The van der Waals surface area contributed by atoms with Crippen LogP contribution in [0.1, 0.15) is 6.92 Å². The largest absolute Gasteiger partial charge is 0.460 e. The Kier molecular flexibility index (Phi) is 12.8. The van der Waals surface area contributed by atoms with Crippen molar-refractivity contribution >= 4 is 0 Å². The third-order valence-corrected chi connectivity index (χ3v) is 5.41. The highest BCUT2D eigenvalue weighted by atomic mass is 19.5. The van der Waals surface area contributed by atoms with E-state index in [0.29, 0.717) is 0 Å². The fraction of sp³-hybridized carbons (Fsp3) is 1.00. The molecule has 0 aliphatic carbocycles. The average molecular weight is 852 g/mol. The topological polar surface area (TPSA) is 9.23 Å². The van der Waals surface area contributed by atoms with E-state index in [0.717, 1.165) is 0 Å². The van der Waals surface area contributed by atoms with Gasteiger partial charge >= 0.3 is 89.8 Å². The van der Waals surface area contributed by atoms with Crippen molar-refractivity contribution < 1.29 is 150 Å². The number of rotatable bonds is 10. The van der Waals surface area contributed by atoms with E-state index in [2.05, 4.69) is 4.74 Å². The van der Waals surface area contributed by atoms with E-state index in [1.165, 1.54) is 0 Å². The third-order valence-electron chi connectivity index (χ3n) is 5.41. The van der Waals surface area contributed by atoms with Crippen LogP contribution in [0.5, 0.6) is 0 Å². The Hall–Kier alpha value is -2.35. The maximum Gasteiger partial charge on any atom is 0.460 e. The lowest BCUT2D eigenvalue weighted by Gasteiger charge is -2.45. The molecule has 310 valence electrons. The first kappa shape index (κ1) is 50.8.